The highest BCUT2D eigenvalue weighted by Crippen LogP contribution is 2.20. The van der Waals surface area contributed by atoms with E-state index in [0.717, 1.165) is 42.8 Å². The van der Waals surface area contributed by atoms with Crippen LogP contribution in [0.2, 0.25) is 5.02 Å². The Morgan fingerprint density at radius 2 is 1.96 bits per heavy atom. The van der Waals surface area contributed by atoms with Gasteiger partial charge in [0, 0.05) is 71.0 Å². The quantitative estimate of drug-likeness (QED) is 0.408. The average molecular weight is 480 g/mol. The molecule has 2 rings (SSSR count). The number of nitrogens with zero attached hydrogens (tertiary/aromatic N) is 4. The highest BCUT2D eigenvalue weighted by Gasteiger charge is 2.20. The number of carbonyl (C=O) groups excluding carboxylic acids is 1. The molecule has 1 aromatic carbocycles. The zero-order chi connectivity index (χ0) is 17.5. The molecule has 6 nitrogen and oxygen atoms in total. The first kappa shape index (κ1) is 21.8. The van der Waals surface area contributed by atoms with Gasteiger partial charge >= 0.3 is 0 Å². The first-order valence-corrected chi connectivity index (χ1v) is 8.55. The summed E-state index contributed by atoms with van der Waals surface area (Å²) in [7, 11) is 5.32. The van der Waals surface area contributed by atoms with Crippen molar-refractivity contribution in [3.8, 4) is 0 Å². The average Bonchev–Trinajstić information content (AvgIpc) is 2.58. The van der Waals surface area contributed by atoms with Crippen molar-refractivity contribution in [1.29, 1.82) is 0 Å². The predicted molar refractivity (Wildman–Crippen MR) is 115 cm³/mol. The van der Waals surface area contributed by atoms with Gasteiger partial charge in [0.15, 0.2) is 5.96 Å². The molecular weight excluding hydrogens is 453 g/mol. The van der Waals surface area contributed by atoms with Gasteiger partial charge in [-0.05, 0) is 18.2 Å². The molecule has 0 aromatic heterocycles. The van der Waals surface area contributed by atoms with Gasteiger partial charge in [-0.15, -0.1) is 24.0 Å². The first-order chi connectivity index (χ1) is 11.5. The van der Waals surface area contributed by atoms with E-state index in [4.69, 9.17) is 11.6 Å². The lowest BCUT2D eigenvalue weighted by Crippen LogP contribution is -2.52. The Kier molecular flexibility index (Phi) is 9.34. The summed E-state index contributed by atoms with van der Waals surface area (Å²) in [6.45, 7) is 4.19. The van der Waals surface area contributed by atoms with Gasteiger partial charge < -0.3 is 20.0 Å². The van der Waals surface area contributed by atoms with Crippen LogP contribution in [0.4, 0.5) is 5.69 Å². The van der Waals surface area contributed by atoms with Gasteiger partial charge in [0.1, 0.15) is 0 Å². The molecule has 0 atom stereocenters. The van der Waals surface area contributed by atoms with Crippen LogP contribution in [0.25, 0.3) is 0 Å². The number of aliphatic imine (C=N–C) groups is 1. The van der Waals surface area contributed by atoms with E-state index in [-0.39, 0.29) is 29.9 Å². The van der Waals surface area contributed by atoms with E-state index >= 15 is 0 Å². The van der Waals surface area contributed by atoms with E-state index in [1.54, 1.807) is 26.0 Å². The molecule has 1 aromatic rings. The van der Waals surface area contributed by atoms with Crippen molar-refractivity contribution in [3.05, 3.63) is 29.3 Å². The van der Waals surface area contributed by atoms with E-state index in [0.29, 0.717) is 13.0 Å². The minimum Gasteiger partial charge on any atom is -0.368 e. The number of nitrogens with one attached hydrogen (secondary N) is 1. The summed E-state index contributed by atoms with van der Waals surface area (Å²) in [5, 5.41) is 4.04. The van der Waals surface area contributed by atoms with Gasteiger partial charge in [-0.1, -0.05) is 17.7 Å². The minimum atomic E-state index is 0. The van der Waals surface area contributed by atoms with Crippen molar-refractivity contribution in [2.75, 3.05) is 58.8 Å². The maximum Gasteiger partial charge on any atom is 0.223 e. The van der Waals surface area contributed by atoms with Gasteiger partial charge in [0.2, 0.25) is 5.91 Å². The van der Waals surface area contributed by atoms with Crippen LogP contribution in [0.5, 0.6) is 0 Å². The zero-order valence-electron chi connectivity index (χ0n) is 15.0. The van der Waals surface area contributed by atoms with Crippen molar-refractivity contribution < 1.29 is 4.79 Å². The number of carbonyl (C=O) groups is 1. The Morgan fingerprint density at radius 1 is 1.28 bits per heavy atom. The summed E-state index contributed by atoms with van der Waals surface area (Å²) in [6, 6.07) is 7.95. The van der Waals surface area contributed by atoms with Crippen molar-refractivity contribution in [3.63, 3.8) is 0 Å². The highest BCUT2D eigenvalue weighted by atomic mass is 127. The third-order valence-corrected chi connectivity index (χ3v) is 4.32. The molecule has 0 bridgehead atoms. The van der Waals surface area contributed by atoms with Gasteiger partial charge in [0.25, 0.3) is 0 Å². The van der Waals surface area contributed by atoms with Crippen molar-refractivity contribution in [2.24, 2.45) is 4.99 Å². The number of rotatable bonds is 4. The Hall–Kier alpha value is -1.22. The monoisotopic (exact) mass is 479 g/mol. The van der Waals surface area contributed by atoms with Crippen LogP contribution in [0.1, 0.15) is 6.42 Å². The third-order valence-electron chi connectivity index (χ3n) is 4.09. The topological polar surface area (TPSA) is 51.2 Å². The largest absolute Gasteiger partial charge is 0.368 e. The Labute approximate surface area is 172 Å². The molecule has 0 aliphatic carbocycles. The number of guanidine groups is 1. The van der Waals surface area contributed by atoms with Gasteiger partial charge in [-0.3, -0.25) is 9.79 Å². The van der Waals surface area contributed by atoms with E-state index in [9.17, 15) is 4.79 Å². The van der Waals surface area contributed by atoms with Gasteiger partial charge in [-0.25, -0.2) is 0 Å². The zero-order valence-corrected chi connectivity index (χ0v) is 18.1. The number of piperazine rings is 1. The summed E-state index contributed by atoms with van der Waals surface area (Å²) in [6.07, 6.45) is 0.467. The van der Waals surface area contributed by atoms with Crippen LogP contribution in [0.3, 0.4) is 0 Å². The molecule has 25 heavy (non-hydrogen) atoms. The normalized spacial score (nSPS) is 14.8. The van der Waals surface area contributed by atoms with E-state index < -0.39 is 0 Å². The second-order valence-corrected chi connectivity index (χ2v) is 6.40. The SMILES string of the molecule is CN=C(NCCC(=O)N(C)C)N1CCN(c2cccc(Cl)c2)CC1.I. The fraction of sp³-hybridized carbons (Fsp3) is 0.529. The molecule has 0 spiro atoms. The van der Waals surface area contributed by atoms with Gasteiger partial charge in [0.05, 0.1) is 0 Å². The molecule has 1 fully saturated rings. The summed E-state index contributed by atoms with van der Waals surface area (Å²) in [5.74, 6) is 0.969. The maximum atomic E-state index is 11.6. The second-order valence-electron chi connectivity index (χ2n) is 5.97. The van der Waals surface area contributed by atoms with E-state index in [1.165, 1.54) is 0 Å². The number of halogens is 2. The molecule has 1 aliphatic rings. The lowest BCUT2D eigenvalue weighted by Gasteiger charge is -2.37. The Morgan fingerprint density at radius 3 is 2.52 bits per heavy atom. The molecule has 0 radical (unpaired) electrons. The fourth-order valence-electron chi connectivity index (χ4n) is 2.69. The van der Waals surface area contributed by atoms with Crippen LogP contribution in [0.15, 0.2) is 29.3 Å². The second kappa shape index (κ2) is 10.7. The van der Waals surface area contributed by atoms with Crippen molar-refractivity contribution >= 4 is 53.1 Å². The molecule has 8 heteroatoms. The summed E-state index contributed by atoms with van der Waals surface area (Å²) >= 11 is 6.07. The number of hydrogen-bond donors (Lipinski definition) is 1. The van der Waals surface area contributed by atoms with Crippen LogP contribution in [0, 0.1) is 0 Å². The van der Waals surface area contributed by atoms with Gasteiger partial charge in [-0.2, -0.15) is 0 Å². The van der Waals surface area contributed by atoms with Crippen LogP contribution in [-0.4, -0.2) is 75.5 Å². The van der Waals surface area contributed by atoms with E-state index in [1.807, 2.05) is 18.2 Å². The predicted octanol–water partition coefficient (Wildman–Crippen LogP) is 2.13. The number of amides is 1. The Bertz CT molecular complexity index is 588. The molecule has 1 aliphatic heterocycles. The molecule has 1 heterocycles. The molecule has 0 saturated carbocycles. The number of hydrogen-bond acceptors (Lipinski definition) is 3. The third kappa shape index (κ3) is 6.54. The first-order valence-electron chi connectivity index (χ1n) is 8.17. The molecule has 1 amide bonds. The molecule has 1 N–H and O–H groups in total. The maximum absolute atomic E-state index is 11.6. The van der Waals surface area contributed by atoms with Crippen LogP contribution >= 0.6 is 35.6 Å². The van der Waals surface area contributed by atoms with Crippen LogP contribution < -0.4 is 10.2 Å². The summed E-state index contributed by atoms with van der Waals surface area (Å²) in [5.41, 5.74) is 1.15. The molecule has 140 valence electrons. The lowest BCUT2D eigenvalue weighted by atomic mass is 10.2. The standard InChI is InChI=1S/C17H26ClN5O.HI/c1-19-17(20-8-7-16(24)21(2)3)23-11-9-22(10-12-23)15-6-4-5-14(18)13-15;/h4-6,13H,7-12H2,1-3H3,(H,19,20);1H. The molecule has 1 saturated heterocycles. The highest BCUT2D eigenvalue weighted by molar-refractivity contribution is 14.0. The van der Waals surface area contributed by atoms with Crippen molar-refractivity contribution in [1.82, 2.24) is 15.1 Å². The fourth-order valence-corrected chi connectivity index (χ4v) is 2.87. The Balaban J connectivity index is 0.00000312. The number of anilines is 1. The molecular formula is C17H27ClIN5O. The minimum absolute atomic E-state index is 0. The summed E-state index contributed by atoms with van der Waals surface area (Å²) in [4.78, 5) is 22.1. The summed E-state index contributed by atoms with van der Waals surface area (Å²) < 4.78 is 0. The van der Waals surface area contributed by atoms with Crippen LogP contribution in [-0.2, 0) is 4.79 Å². The van der Waals surface area contributed by atoms with E-state index in [2.05, 4.69) is 26.2 Å². The smallest absolute Gasteiger partial charge is 0.223 e. The van der Waals surface area contributed by atoms with Crippen molar-refractivity contribution in [2.45, 2.75) is 6.42 Å². The number of benzene rings is 1. The molecule has 0 unspecified atom stereocenters. The lowest BCUT2D eigenvalue weighted by molar-refractivity contribution is -0.128.